The first-order valence-corrected chi connectivity index (χ1v) is 7.55. The predicted octanol–water partition coefficient (Wildman–Crippen LogP) is 2.95. The summed E-state index contributed by atoms with van der Waals surface area (Å²) in [5.41, 5.74) is 4.85. The average molecular weight is 297 g/mol. The molecule has 2 aromatic carbocycles. The van der Waals surface area contributed by atoms with Gasteiger partial charge in [-0.25, -0.2) is 0 Å². The first kappa shape index (κ1) is 16.2. The highest BCUT2D eigenvalue weighted by atomic mass is 16.3. The van der Waals surface area contributed by atoms with Gasteiger partial charge in [0.2, 0.25) is 0 Å². The number of benzene rings is 2. The standard InChI is InChI=1S/C19H23NO2/c1-13-9-14(2)18(15(3)10-13)19(22)20-12-17(21)11-16-7-5-4-6-8-16/h4-10,17,21H,11-12H2,1-3H3,(H,20,22). The number of carbonyl (C=O) groups is 1. The molecule has 2 aromatic rings. The minimum absolute atomic E-state index is 0.123. The third kappa shape index (κ3) is 4.18. The summed E-state index contributed by atoms with van der Waals surface area (Å²) in [6, 6.07) is 13.8. The molecule has 0 saturated carbocycles. The molecule has 0 heterocycles. The van der Waals surface area contributed by atoms with Gasteiger partial charge in [-0.1, -0.05) is 48.0 Å². The maximum Gasteiger partial charge on any atom is 0.251 e. The zero-order valence-corrected chi connectivity index (χ0v) is 13.4. The molecular weight excluding hydrogens is 274 g/mol. The third-order valence-electron chi connectivity index (χ3n) is 3.72. The Balaban J connectivity index is 1.95. The number of aliphatic hydroxyl groups is 1. The molecule has 1 atom stereocenters. The van der Waals surface area contributed by atoms with E-state index < -0.39 is 6.10 Å². The highest BCUT2D eigenvalue weighted by molar-refractivity contribution is 5.97. The van der Waals surface area contributed by atoms with Gasteiger partial charge < -0.3 is 10.4 Å². The zero-order chi connectivity index (χ0) is 16.1. The van der Waals surface area contributed by atoms with Crippen molar-refractivity contribution in [2.45, 2.75) is 33.3 Å². The van der Waals surface area contributed by atoms with Crippen LogP contribution in [0.1, 0.15) is 32.6 Å². The number of hydrogen-bond acceptors (Lipinski definition) is 2. The van der Waals surface area contributed by atoms with Gasteiger partial charge in [0.1, 0.15) is 0 Å². The van der Waals surface area contributed by atoms with Gasteiger partial charge in [-0.2, -0.15) is 0 Å². The Hall–Kier alpha value is -2.13. The zero-order valence-electron chi connectivity index (χ0n) is 13.4. The van der Waals surface area contributed by atoms with E-state index in [1.807, 2.05) is 63.2 Å². The van der Waals surface area contributed by atoms with E-state index in [9.17, 15) is 9.90 Å². The molecule has 0 fully saturated rings. The van der Waals surface area contributed by atoms with Crippen molar-refractivity contribution in [2.75, 3.05) is 6.54 Å². The van der Waals surface area contributed by atoms with Crippen molar-refractivity contribution in [2.24, 2.45) is 0 Å². The van der Waals surface area contributed by atoms with Crippen LogP contribution in [0.4, 0.5) is 0 Å². The number of rotatable bonds is 5. The average Bonchev–Trinajstić information content (AvgIpc) is 2.45. The summed E-state index contributed by atoms with van der Waals surface area (Å²) in [4.78, 5) is 12.3. The van der Waals surface area contributed by atoms with Crippen LogP contribution in [0.5, 0.6) is 0 Å². The topological polar surface area (TPSA) is 49.3 Å². The van der Waals surface area contributed by atoms with Crippen molar-refractivity contribution in [1.82, 2.24) is 5.32 Å². The SMILES string of the molecule is Cc1cc(C)c(C(=O)NCC(O)Cc2ccccc2)c(C)c1. The lowest BCUT2D eigenvalue weighted by atomic mass is 9.99. The summed E-state index contributed by atoms with van der Waals surface area (Å²) in [5, 5.41) is 12.9. The van der Waals surface area contributed by atoms with Gasteiger partial charge in [-0.3, -0.25) is 4.79 Å². The van der Waals surface area contributed by atoms with Gasteiger partial charge in [-0.15, -0.1) is 0 Å². The lowest BCUT2D eigenvalue weighted by molar-refractivity contribution is 0.0914. The molecule has 0 radical (unpaired) electrons. The molecule has 1 amide bonds. The van der Waals surface area contributed by atoms with Crippen LogP contribution in [-0.2, 0) is 6.42 Å². The van der Waals surface area contributed by atoms with Gasteiger partial charge >= 0.3 is 0 Å². The van der Waals surface area contributed by atoms with E-state index in [1.54, 1.807) is 0 Å². The number of nitrogens with one attached hydrogen (secondary N) is 1. The van der Waals surface area contributed by atoms with E-state index in [1.165, 1.54) is 0 Å². The molecule has 0 aromatic heterocycles. The Morgan fingerprint density at radius 3 is 2.27 bits per heavy atom. The molecule has 2 N–H and O–H groups in total. The van der Waals surface area contributed by atoms with Crippen LogP contribution in [-0.4, -0.2) is 23.7 Å². The van der Waals surface area contributed by atoms with Crippen LogP contribution in [0.15, 0.2) is 42.5 Å². The Labute approximate surface area is 132 Å². The fraction of sp³-hybridized carbons (Fsp3) is 0.316. The monoisotopic (exact) mass is 297 g/mol. The summed E-state index contributed by atoms with van der Waals surface area (Å²) < 4.78 is 0. The van der Waals surface area contributed by atoms with E-state index in [-0.39, 0.29) is 12.5 Å². The van der Waals surface area contributed by atoms with Gasteiger partial charge in [0.05, 0.1) is 6.10 Å². The first-order chi connectivity index (χ1) is 10.5. The van der Waals surface area contributed by atoms with Crippen LogP contribution in [0.2, 0.25) is 0 Å². The molecule has 0 saturated heterocycles. The Bertz CT molecular complexity index is 627. The first-order valence-electron chi connectivity index (χ1n) is 7.55. The largest absolute Gasteiger partial charge is 0.391 e. The second-order valence-corrected chi connectivity index (χ2v) is 5.83. The number of hydrogen-bond donors (Lipinski definition) is 2. The summed E-state index contributed by atoms with van der Waals surface area (Å²) in [7, 11) is 0. The van der Waals surface area contributed by atoms with Crippen molar-refractivity contribution in [1.29, 1.82) is 0 Å². The lowest BCUT2D eigenvalue weighted by Gasteiger charge is -2.15. The highest BCUT2D eigenvalue weighted by Crippen LogP contribution is 2.16. The molecule has 0 aliphatic carbocycles. The van der Waals surface area contributed by atoms with Crippen LogP contribution in [0, 0.1) is 20.8 Å². The van der Waals surface area contributed by atoms with Gasteiger partial charge in [0.15, 0.2) is 0 Å². The van der Waals surface area contributed by atoms with E-state index in [0.717, 1.165) is 22.3 Å². The van der Waals surface area contributed by atoms with Gasteiger partial charge in [-0.05, 0) is 37.5 Å². The molecule has 1 unspecified atom stereocenters. The number of aryl methyl sites for hydroxylation is 3. The molecule has 0 aliphatic rings. The van der Waals surface area contributed by atoms with Crippen molar-refractivity contribution < 1.29 is 9.90 Å². The summed E-state index contributed by atoms with van der Waals surface area (Å²) in [6.07, 6.45) is -0.0510. The smallest absolute Gasteiger partial charge is 0.251 e. The van der Waals surface area contributed by atoms with Crippen LogP contribution in [0.25, 0.3) is 0 Å². The molecule has 3 heteroatoms. The summed E-state index contributed by atoms with van der Waals surface area (Å²) in [5.74, 6) is -0.123. The Morgan fingerprint density at radius 2 is 1.68 bits per heavy atom. The number of carbonyl (C=O) groups excluding carboxylic acids is 1. The maximum atomic E-state index is 12.3. The second-order valence-electron chi connectivity index (χ2n) is 5.83. The lowest BCUT2D eigenvalue weighted by Crippen LogP contribution is -2.34. The molecule has 0 aliphatic heterocycles. The van der Waals surface area contributed by atoms with E-state index >= 15 is 0 Å². The van der Waals surface area contributed by atoms with Gasteiger partial charge in [0.25, 0.3) is 5.91 Å². The minimum Gasteiger partial charge on any atom is -0.391 e. The quantitative estimate of drug-likeness (QED) is 0.891. The molecule has 22 heavy (non-hydrogen) atoms. The molecule has 2 rings (SSSR count). The van der Waals surface area contributed by atoms with Crippen molar-refractivity contribution >= 4 is 5.91 Å². The normalized spacial score (nSPS) is 12.0. The minimum atomic E-state index is -0.586. The number of aliphatic hydroxyl groups excluding tert-OH is 1. The summed E-state index contributed by atoms with van der Waals surface area (Å²) >= 11 is 0. The summed E-state index contributed by atoms with van der Waals surface area (Å²) in [6.45, 7) is 6.15. The van der Waals surface area contributed by atoms with Crippen molar-refractivity contribution in [3.63, 3.8) is 0 Å². The highest BCUT2D eigenvalue weighted by Gasteiger charge is 2.14. The molecule has 0 spiro atoms. The van der Waals surface area contributed by atoms with Crippen LogP contribution >= 0.6 is 0 Å². The van der Waals surface area contributed by atoms with E-state index in [2.05, 4.69) is 5.32 Å². The van der Waals surface area contributed by atoms with E-state index in [4.69, 9.17) is 0 Å². The molecule has 0 bridgehead atoms. The molecular formula is C19H23NO2. The van der Waals surface area contributed by atoms with Crippen LogP contribution < -0.4 is 5.32 Å². The molecule has 3 nitrogen and oxygen atoms in total. The van der Waals surface area contributed by atoms with Crippen molar-refractivity contribution in [3.8, 4) is 0 Å². The third-order valence-corrected chi connectivity index (χ3v) is 3.72. The Morgan fingerprint density at radius 1 is 1.09 bits per heavy atom. The Kier molecular flexibility index (Phi) is 5.34. The fourth-order valence-electron chi connectivity index (χ4n) is 2.80. The second kappa shape index (κ2) is 7.23. The van der Waals surface area contributed by atoms with Crippen LogP contribution in [0.3, 0.4) is 0 Å². The fourth-order valence-corrected chi connectivity index (χ4v) is 2.80. The van der Waals surface area contributed by atoms with Gasteiger partial charge in [0, 0.05) is 18.5 Å². The van der Waals surface area contributed by atoms with Crippen molar-refractivity contribution in [3.05, 3.63) is 70.3 Å². The maximum absolute atomic E-state index is 12.3. The van der Waals surface area contributed by atoms with E-state index in [0.29, 0.717) is 12.0 Å². The number of amides is 1. The molecule has 116 valence electrons. The predicted molar refractivity (Wildman–Crippen MR) is 89.1 cm³/mol.